The molecule has 1 saturated heterocycles. The number of aliphatic hydroxyl groups is 1. The van der Waals surface area contributed by atoms with Gasteiger partial charge >= 0.3 is 0 Å². The third kappa shape index (κ3) is 5.67. The number of carbonyl (C=O) groups is 1. The van der Waals surface area contributed by atoms with Gasteiger partial charge in [-0.05, 0) is 37.0 Å². The third-order valence-corrected chi connectivity index (χ3v) is 5.07. The maximum absolute atomic E-state index is 12.4. The molecule has 150 valence electrons. The van der Waals surface area contributed by atoms with E-state index >= 15 is 0 Å². The maximum atomic E-state index is 12.4. The van der Waals surface area contributed by atoms with E-state index in [1.165, 1.54) is 5.56 Å². The molecule has 0 unspecified atom stereocenters. The van der Waals surface area contributed by atoms with Crippen molar-refractivity contribution in [3.63, 3.8) is 0 Å². The SMILES string of the molecule is CCOc1ccc(Cl)c(C(=O)NCc2ccc(CN3CCC(O)CC3)cc2)n1. The zero-order chi connectivity index (χ0) is 19.9. The van der Waals surface area contributed by atoms with E-state index in [9.17, 15) is 9.90 Å². The van der Waals surface area contributed by atoms with Crippen LogP contribution in [-0.4, -0.2) is 46.7 Å². The fourth-order valence-corrected chi connectivity index (χ4v) is 3.37. The summed E-state index contributed by atoms with van der Waals surface area (Å²) in [4.78, 5) is 18.9. The van der Waals surface area contributed by atoms with Crippen LogP contribution in [0.25, 0.3) is 0 Å². The van der Waals surface area contributed by atoms with Crippen LogP contribution in [0.4, 0.5) is 0 Å². The van der Waals surface area contributed by atoms with E-state index in [1.807, 2.05) is 19.1 Å². The standard InChI is InChI=1S/C21H26ClN3O3/c1-2-28-19-8-7-18(22)20(24-19)21(27)23-13-15-3-5-16(6-4-15)14-25-11-9-17(26)10-12-25/h3-8,17,26H,2,9-14H2,1H3,(H,23,27). The van der Waals surface area contributed by atoms with Crippen LogP contribution < -0.4 is 10.1 Å². The number of benzene rings is 1. The molecular weight excluding hydrogens is 378 g/mol. The Morgan fingerprint density at radius 3 is 2.57 bits per heavy atom. The summed E-state index contributed by atoms with van der Waals surface area (Å²) >= 11 is 6.10. The molecule has 0 bridgehead atoms. The summed E-state index contributed by atoms with van der Waals surface area (Å²) in [6.07, 6.45) is 1.52. The number of hydrogen-bond donors (Lipinski definition) is 2. The van der Waals surface area contributed by atoms with Gasteiger partial charge in [0, 0.05) is 32.2 Å². The van der Waals surface area contributed by atoms with Gasteiger partial charge in [0.1, 0.15) is 0 Å². The van der Waals surface area contributed by atoms with Gasteiger partial charge in [-0.3, -0.25) is 9.69 Å². The van der Waals surface area contributed by atoms with Gasteiger partial charge in [0.2, 0.25) is 5.88 Å². The van der Waals surface area contributed by atoms with Crippen LogP contribution in [0, 0.1) is 0 Å². The van der Waals surface area contributed by atoms with Crippen LogP contribution >= 0.6 is 11.6 Å². The number of aromatic nitrogens is 1. The number of nitrogens with one attached hydrogen (secondary N) is 1. The van der Waals surface area contributed by atoms with Crippen molar-refractivity contribution in [2.75, 3.05) is 19.7 Å². The van der Waals surface area contributed by atoms with Crippen molar-refractivity contribution in [1.29, 1.82) is 0 Å². The normalized spacial score (nSPS) is 15.4. The summed E-state index contributed by atoms with van der Waals surface area (Å²) in [7, 11) is 0. The third-order valence-electron chi connectivity index (χ3n) is 4.77. The lowest BCUT2D eigenvalue weighted by molar-refractivity contribution is 0.0792. The lowest BCUT2D eigenvalue weighted by Crippen LogP contribution is -2.35. The zero-order valence-corrected chi connectivity index (χ0v) is 16.8. The Hall–Kier alpha value is -2.15. The predicted octanol–water partition coefficient (Wildman–Crippen LogP) is 3.02. The van der Waals surface area contributed by atoms with E-state index in [1.54, 1.807) is 12.1 Å². The molecule has 1 amide bonds. The summed E-state index contributed by atoms with van der Waals surface area (Å²) in [5.41, 5.74) is 2.39. The molecule has 2 N–H and O–H groups in total. The average molecular weight is 404 g/mol. The number of hydrogen-bond acceptors (Lipinski definition) is 5. The van der Waals surface area contributed by atoms with Crippen LogP contribution in [0.3, 0.4) is 0 Å². The van der Waals surface area contributed by atoms with Crippen molar-refractivity contribution in [2.24, 2.45) is 0 Å². The fourth-order valence-electron chi connectivity index (χ4n) is 3.18. The summed E-state index contributed by atoms with van der Waals surface area (Å²) < 4.78 is 5.33. The van der Waals surface area contributed by atoms with Crippen LogP contribution in [0.5, 0.6) is 5.88 Å². The molecular formula is C21H26ClN3O3. The Balaban J connectivity index is 1.53. The van der Waals surface area contributed by atoms with Gasteiger partial charge in [-0.15, -0.1) is 0 Å². The molecule has 1 aromatic carbocycles. The number of halogens is 1. The largest absolute Gasteiger partial charge is 0.478 e. The van der Waals surface area contributed by atoms with E-state index < -0.39 is 0 Å². The van der Waals surface area contributed by atoms with Crippen LogP contribution in [0.1, 0.15) is 41.4 Å². The second-order valence-electron chi connectivity index (χ2n) is 6.92. The summed E-state index contributed by atoms with van der Waals surface area (Å²) in [6, 6.07) is 11.4. The van der Waals surface area contributed by atoms with E-state index in [0.29, 0.717) is 24.1 Å². The highest BCUT2D eigenvalue weighted by molar-refractivity contribution is 6.33. The molecule has 0 saturated carbocycles. The molecule has 2 heterocycles. The van der Waals surface area contributed by atoms with Crippen molar-refractivity contribution < 1.29 is 14.6 Å². The van der Waals surface area contributed by atoms with Crippen LogP contribution in [0.15, 0.2) is 36.4 Å². The summed E-state index contributed by atoms with van der Waals surface area (Å²) in [5.74, 6) is 0.0501. The Bertz CT molecular complexity index is 790. The fraction of sp³-hybridized carbons (Fsp3) is 0.429. The van der Waals surface area contributed by atoms with Gasteiger partial charge in [-0.25, -0.2) is 4.98 Å². The second kappa shape index (κ2) is 9.87. The van der Waals surface area contributed by atoms with Gasteiger partial charge in [-0.1, -0.05) is 35.9 Å². The number of pyridine rings is 1. The number of aliphatic hydroxyl groups excluding tert-OH is 1. The van der Waals surface area contributed by atoms with Crippen LogP contribution in [0.2, 0.25) is 5.02 Å². The number of rotatable bonds is 7. The highest BCUT2D eigenvalue weighted by Crippen LogP contribution is 2.18. The van der Waals surface area contributed by atoms with E-state index in [2.05, 4.69) is 27.3 Å². The predicted molar refractivity (Wildman–Crippen MR) is 109 cm³/mol. The number of likely N-dealkylation sites (tertiary alicyclic amines) is 1. The van der Waals surface area contributed by atoms with Crippen molar-refractivity contribution in [2.45, 2.75) is 39.0 Å². The first-order valence-electron chi connectivity index (χ1n) is 9.61. The molecule has 28 heavy (non-hydrogen) atoms. The molecule has 0 spiro atoms. The molecule has 7 heteroatoms. The van der Waals surface area contributed by atoms with Crippen molar-refractivity contribution in [1.82, 2.24) is 15.2 Å². The topological polar surface area (TPSA) is 74.7 Å². The molecule has 1 aliphatic heterocycles. The molecule has 1 aromatic heterocycles. The minimum atomic E-state index is -0.331. The Morgan fingerprint density at radius 1 is 1.21 bits per heavy atom. The molecule has 0 aliphatic carbocycles. The second-order valence-corrected chi connectivity index (χ2v) is 7.33. The number of nitrogens with zero attached hydrogens (tertiary/aromatic N) is 2. The zero-order valence-electron chi connectivity index (χ0n) is 16.0. The molecule has 6 nitrogen and oxygen atoms in total. The van der Waals surface area contributed by atoms with E-state index in [0.717, 1.165) is 38.0 Å². The van der Waals surface area contributed by atoms with Crippen LogP contribution in [-0.2, 0) is 13.1 Å². The van der Waals surface area contributed by atoms with Gasteiger partial charge in [0.25, 0.3) is 5.91 Å². The molecule has 1 fully saturated rings. The van der Waals surface area contributed by atoms with Crippen molar-refractivity contribution in [3.05, 3.63) is 58.2 Å². The molecule has 2 aromatic rings. The molecule has 0 radical (unpaired) electrons. The van der Waals surface area contributed by atoms with E-state index in [-0.39, 0.29) is 17.7 Å². The average Bonchev–Trinajstić information content (AvgIpc) is 2.70. The number of amides is 1. The minimum Gasteiger partial charge on any atom is -0.478 e. The Labute approximate surface area is 170 Å². The minimum absolute atomic E-state index is 0.153. The maximum Gasteiger partial charge on any atom is 0.271 e. The summed E-state index contributed by atoms with van der Waals surface area (Å²) in [6.45, 7) is 5.45. The van der Waals surface area contributed by atoms with Crippen molar-refractivity contribution >= 4 is 17.5 Å². The van der Waals surface area contributed by atoms with Gasteiger partial charge in [-0.2, -0.15) is 0 Å². The molecule has 3 rings (SSSR count). The van der Waals surface area contributed by atoms with Gasteiger partial charge < -0.3 is 15.2 Å². The number of ether oxygens (including phenoxy) is 1. The monoisotopic (exact) mass is 403 g/mol. The molecule has 0 atom stereocenters. The van der Waals surface area contributed by atoms with Gasteiger partial charge in [0.15, 0.2) is 5.69 Å². The first-order valence-corrected chi connectivity index (χ1v) is 9.98. The van der Waals surface area contributed by atoms with E-state index in [4.69, 9.17) is 16.3 Å². The summed E-state index contributed by atoms with van der Waals surface area (Å²) in [5, 5.41) is 12.7. The lowest BCUT2D eigenvalue weighted by Gasteiger charge is -2.29. The number of carbonyl (C=O) groups excluding carboxylic acids is 1. The quantitative estimate of drug-likeness (QED) is 0.743. The smallest absolute Gasteiger partial charge is 0.271 e. The first kappa shape index (κ1) is 20.6. The first-order chi connectivity index (χ1) is 13.5. The van der Waals surface area contributed by atoms with Gasteiger partial charge in [0.05, 0.1) is 17.7 Å². The van der Waals surface area contributed by atoms with Crippen molar-refractivity contribution in [3.8, 4) is 5.88 Å². The lowest BCUT2D eigenvalue weighted by atomic mass is 10.1. The Kier molecular flexibility index (Phi) is 7.25. The Morgan fingerprint density at radius 2 is 1.89 bits per heavy atom. The highest BCUT2D eigenvalue weighted by Gasteiger charge is 2.17. The molecule has 1 aliphatic rings. The number of piperidine rings is 1. The highest BCUT2D eigenvalue weighted by atomic mass is 35.5.